The molecule has 0 radical (unpaired) electrons. The van der Waals surface area contributed by atoms with Gasteiger partial charge in [0.25, 0.3) is 0 Å². The van der Waals surface area contributed by atoms with Gasteiger partial charge in [-0.25, -0.2) is 4.79 Å². The fraction of sp³-hybridized carbons (Fsp3) is 0.385. The summed E-state index contributed by atoms with van der Waals surface area (Å²) in [5.74, 6) is -0.557. The molecule has 2 aliphatic rings. The van der Waals surface area contributed by atoms with Crippen molar-refractivity contribution in [2.24, 2.45) is 5.92 Å². The van der Waals surface area contributed by atoms with Gasteiger partial charge in [-0.05, 0) is 36.5 Å². The number of carboxylic acids is 1. The van der Waals surface area contributed by atoms with Crippen LogP contribution in [0.25, 0.3) is 0 Å². The predicted molar refractivity (Wildman–Crippen MR) is 62.1 cm³/mol. The van der Waals surface area contributed by atoms with Gasteiger partial charge in [-0.3, -0.25) is 4.79 Å². The van der Waals surface area contributed by atoms with Crippen LogP contribution in [-0.2, 0) is 4.79 Å². The number of carboxylic acid groups (broad SMARTS) is 1. The Morgan fingerprint density at radius 1 is 1.29 bits per heavy atom. The van der Waals surface area contributed by atoms with Gasteiger partial charge in [0.1, 0.15) is 0 Å². The Morgan fingerprint density at radius 2 is 2.06 bits per heavy atom. The highest BCUT2D eigenvalue weighted by Crippen LogP contribution is 2.46. The van der Waals surface area contributed by atoms with E-state index in [4.69, 9.17) is 5.11 Å². The molecule has 1 aromatic carbocycles. The van der Waals surface area contributed by atoms with Crippen molar-refractivity contribution in [3.8, 4) is 0 Å². The minimum atomic E-state index is -0.962. The largest absolute Gasteiger partial charge is 0.478 e. The predicted octanol–water partition coefficient (Wildman–Crippen LogP) is 2.22. The summed E-state index contributed by atoms with van der Waals surface area (Å²) in [5.41, 5.74) is 2.00. The lowest BCUT2D eigenvalue weighted by atomic mass is 9.83. The average Bonchev–Trinajstić information content (AvgIpc) is 2.78. The Morgan fingerprint density at radius 3 is 2.82 bits per heavy atom. The van der Waals surface area contributed by atoms with Gasteiger partial charge in [-0.2, -0.15) is 0 Å². The summed E-state index contributed by atoms with van der Waals surface area (Å²) in [6.45, 7) is 0. The van der Waals surface area contributed by atoms with Gasteiger partial charge >= 0.3 is 5.97 Å². The van der Waals surface area contributed by atoms with E-state index in [-0.39, 0.29) is 23.3 Å². The summed E-state index contributed by atoms with van der Waals surface area (Å²) < 4.78 is 0. The molecule has 1 aromatic rings. The summed E-state index contributed by atoms with van der Waals surface area (Å²) in [5, 5.41) is 11.8. The van der Waals surface area contributed by atoms with Crippen LogP contribution in [0.2, 0.25) is 0 Å². The molecule has 88 valence electrons. The second kappa shape index (κ2) is 3.58. The van der Waals surface area contributed by atoms with E-state index in [1.165, 1.54) is 0 Å². The molecule has 2 atom stereocenters. The molecule has 0 aromatic heterocycles. The number of benzene rings is 1. The normalized spacial score (nSPS) is 26.0. The summed E-state index contributed by atoms with van der Waals surface area (Å²) in [6.07, 6.45) is 3.04. The van der Waals surface area contributed by atoms with Crippen molar-refractivity contribution in [2.45, 2.75) is 25.2 Å². The molecule has 0 saturated heterocycles. The Kier molecular flexibility index (Phi) is 2.18. The van der Waals surface area contributed by atoms with Crippen molar-refractivity contribution in [1.29, 1.82) is 0 Å². The fourth-order valence-electron chi connectivity index (χ4n) is 2.99. The first-order chi connectivity index (χ1) is 8.16. The Balaban J connectivity index is 2.07. The quantitative estimate of drug-likeness (QED) is 0.778. The number of rotatable bonds is 1. The van der Waals surface area contributed by atoms with E-state index in [0.29, 0.717) is 5.69 Å². The van der Waals surface area contributed by atoms with E-state index in [1.807, 2.05) is 6.07 Å². The van der Waals surface area contributed by atoms with Gasteiger partial charge in [0.05, 0.1) is 5.56 Å². The Labute approximate surface area is 98.6 Å². The van der Waals surface area contributed by atoms with E-state index in [1.54, 1.807) is 12.1 Å². The number of hydrogen-bond acceptors (Lipinski definition) is 2. The molecule has 1 amide bonds. The monoisotopic (exact) mass is 231 g/mol. The second-order valence-corrected chi connectivity index (χ2v) is 4.74. The van der Waals surface area contributed by atoms with Crippen LogP contribution in [0.5, 0.6) is 0 Å². The summed E-state index contributed by atoms with van der Waals surface area (Å²) >= 11 is 0. The Hall–Kier alpha value is -1.84. The number of anilines is 1. The standard InChI is InChI=1S/C13H13NO3/c15-12-10-3-1-2-8(10)9-5-4-7(13(16)17)6-11(9)14-12/h4-6,8,10H,1-3H2,(H,14,15)(H,16,17). The minimum absolute atomic E-state index is 0.0440. The summed E-state index contributed by atoms with van der Waals surface area (Å²) in [4.78, 5) is 22.7. The highest BCUT2D eigenvalue weighted by Gasteiger charge is 2.38. The average molecular weight is 231 g/mol. The van der Waals surface area contributed by atoms with Crippen molar-refractivity contribution in [3.05, 3.63) is 29.3 Å². The number of nitrogens with one attached hydrogen (secondary N) is 1. The number of fused-ring (bicyclic) bond motifs is 3. The molecule has 0 spiro atoms. The fourth-order valence-corrected chi connectivity index (χ4v) is 2.99. The van der Waals surface area contributed by atoms with Crippen molar-refractivity contribution in [1.82, 2.24) is 0 Å². The van der Waals surface area contributed by atoms with E-state index in [2.05, 4.69) is 5.32 Å². The van der Waals surface area contributed by atoms with Gasteiger partial charge < -0.3 is 10.4 Å². The highest BCUT2D eigenvalue weighted by molar-refractivity contribution is 5.98. The van der Waals surface area contributed by atoms with Crippen LogP contribution in [0.4, 0.5) is 5.69 Å². The SMILES string of the molecule is O=C(O)c1ccc2c(c1)NC(=O)C1CCCC21. The van der Waals surface area contributed by atoms with E-state index in [9.17, 15) is 9.59 Å². The smallest absolute Gasteiger partial charge is 0.335 e. The van der Waals surface area contributed by atoms with Gasteiger partial charge in [0, 0.05) is 11.6 Å². The first kappa shape index (κ1) is 10.3. The first-order valence-corrected chi connectivity index (χ1v) is 5.85. The molecule has 2 unspecified atom stereocenters. The zero-order valence-corrected chi connectivity index (χ0v) is 9.27. The molecular weight excluding hydrogens is 218 g/mol. The summed E-state index contributed by atoms with van der Waals surface area (Å²) in [6, 6.07) is 5.03. The third kappa shape index (κ3) is 1.52. The molecule has 1 heterocycles. The van der Waals surface area contributed by atoms with Crippen LogP contribution in [0, 0.1) is 5.92 Å². The number of amides is 1. The maximum absolute atomic E-state index is 11.9. The van der Waals surface area contributed by atoms with Crippen LogP contribution in [0.1, 0.15) is 41.1 Å². The van der Waals surface area contributed by atoms with Crippen molar-refractivity contribution < 1.29 is 14.7 Å². The molecule has 4 nitrogen and oxygen atoms in total. The summed E-state index contributed by atoms with van der Waals surface area (Å²) in [7, 11) is 0. The van der Waals surface area contributed by atoms with E-state index in [0.717, 1.165) is 24.8 Å². The molecule has 4 heteroatoms. The number of carbonyl (C=O) groups excluding carboxylic acids is 1. The zero-order valence-electron chi connectivity index (χ0n) is 9.27. The van der Waals surface area contributed by atoms with E-state index < -0.39 is 5.97 Å². The third-order valence-electron chi connectivity index (χ3n) is 3.81. The highest BCUT2D eigenvalue weighted by atomic mass is 16.4. The van der Waals surface area contributed by atoms with Crippen molar-refractivity contribution in [2.75, 3.05) is 5.32 Å². The molecule has 3 rings (SSSR count). The molecule has 17 heavy (non-hydrogen) atoms. The lowest BCUT2D eigenvalue weighted by molar-refractivity contribution is -0.120. The first-order valence-electron chi connectivity index (χ1n) is 5.85. The molecule has 1 aliphatic carbocycles. The maximum Gasteiger partial charge on any atom is 0.335 e. The maximum atomic E-state index is 11.9. The molecular formula is C13H13NO3. The van der Waals surface area contributed by atoms with Crippen LogP contribution in [0.15, 0.2) is 18.2 Å². The van der Waals surface area contributed by atoms with Gasteiger partial charge in [0.15, 0.2) is 0 Å². The van der Waals surface area contributed by atoms with E-state index >= 15 is 0 Å². The van der Waals surface area contributed by atoms with Gasteiger partial charge in [-0.15, -0.1) is 0 Å². The lowest BCUT2D eigenvalue weighted by Crippen LogP contribution is -2.30. The molecule has 1 aliphatic heterocycles. The topological polar surface area (TPSA) is 66.4 Å². The number of aromatic carboxylic acids is 1. The lowest BCUT2D eigenvalue weighted by Gasteiger charge is -2.28. The molecule has 2 N–H and O–H groups in total. The van der Waals surface area contributed by atoms with Gasteiger partial charge in [0.2, 0.25) is 5.91 Å². The number of hydrogen-bond donors (Lipinski definition) is 2. The van der Waals surface area contributed by atoms with Crippen LogP contribution in [-0.4, -0.2) is 17.0 Å². The van der Waals surface area contributed by atoms with Gasteiger partial charge in [-0.1, -0.05) is 12.5 Å². The van der Waals surface area contributed by atoms with Crippen molar-refractivity contribution >= 4 is 17.6 Å². The van der Waals surface area contributed by atoms with Crippen molar-refractivity contribution in [3.63, 3.8) is 0 Å². The third-order valence-corrected chi connectivity index (χ3v) is 3.81. The van der Waals surface area contributed by atoms with Crippen LogP contribution in [0.3, 0.4) is 0 Å². The second-order valence-electron chi connectivity index (χ2n) is 4.74. The Bertz CT molecular complexity index is 509. The zero-order chi connectivity index (χ0) is 12.0. The molecule has 1 fully saturated rings. The van der Waals surface area contributed by atoms with Crippen LogP contribution >= 0.6 is 0 Å². The van der Waals surface area contributed by atoms with Crippen LogP contribution < -0.4 is 5.32 Å². The number of carbonyl (C=O) groups is 2. The molecule has 1 saturated carbocycles. The minimum Gasteiger partial charge on any atom is -0.478 e. The molecule has 0 bridgehead atoms.